The number of benzene rings is 2. The molecule has 0 unspecified atom stereocenters. The Morgan fingerprint density at radius 1 is 1.00 bits per heavy atom. The van der Waals surface area contributed by atoms with Crippen molar-refractivity contribution in [2.75, 3.05) is 38.5 Å². The summed E-state index contributed by atoms with van der Waals surface area (Å²) in [5.41, 5.74) is 2.17. The van der Waals surface area contributed by atoms with E-state index in [0.717, 1.165) is 26.4 Å². The molecule has 32 heavy (non-hydrogen) atoms. The van der Waals surface area contributed by atoms with Gasteiger partial charge in [-0.1, -0.05) is 48.0 Å². The largest absolute Gasteiger partial charge is 0.450 e. The van der Waals surface area contributed by atoms with Crippen molar-refractivity contribution < 1.29 is 14.3 Å². The fraction of sp³-hybridized carbons (Fsp3) is 0.333. The topological polar surface area (TPSA) is 54.8 Å². The van der Waals surface area contributed by atoms with Crippen molar-refractivity contribution >= 4 is 46.3 Å². The minimum Gasteiger partial charge on any atom is -0.450 e. The molecule has 1 fully saturated rings. The highest BCUT2D eigenvalue weighted by Crippen LogP contribution is 2.31. The maximum atomic E-state index is 12.8. The van der Waals surface area contributed by atoms with E-state index in [1.807, 2.05) is 41.3 Å². The summed E-state index contributed by atoms with van der Waals surface area (Å²) in [4.78, 5) is 29.2. The number of ether oxygens (including phenoxy) is 1. The van der Waals surface area contributed by atoms with Crippen LogP contribution in [0.2, 0.25) is 5.02 Å². The Labute approximate surface area is 197 Å². The Kier molecular flexibility index (Phi) is 7.27. The third-order valence-electron chi connectivity index (χ3n) is 5.56. The second kappa shape index (κ2) is 10.3. The first kappa shape index (κ1) is 22.6. The Balaban J connectivity index is 1.41. The zero-order valence-corrected chi connectivity index (χ0v) is 19.6. The first-order chi connectivity index (χ1) is 15.6. The molecule has 1 aliphatic heterocycles. The van der Waals surface area contributed by atoms with Gasteiger partial charge in [0.15, 0.2) is 0 Å². The summed E-state index contributed by atoms with van der Waals surface area (Å²) in [7, 11) is 0. The van der Waals surface area contributed by atoms with Crippen LogP contribution < -0.4 is 0 Å². The molecule has 168 valence electrons. The minimum absolute atomic E-state index is 0.0847. The highest BCUT2D eigenvalue weighted by Gasteiger charge is 2.25. The fourth-order valence-electron chi connectivity index (χ4n) is 3.85. The van der Waals surface area contributed by atoms with Crippen LogP contribution in [0.1, 0.15) is 12.5 Å². The summed E-state index contributed by atoms with van der Waals surface area (Å²) in [5.74, 6) is 0.445. The van der Waals surface area contributed by atoms with Crippen LogP contribution in [0.5, 0.6) is 0 Å². The number of rotatable bonds is 6. The van der Waals surface area contributed by atoms with Crippen LogP contribution in [0.25, 0.3) is 10.9 Å². The Hall–Kier alpha value is -2.64. The van der Waals surface area contributed by atoms with E-state index in [4.69, 9.17) is 16.3 Å². The number of carbonyl (C=O) groups excluding carboxylic acids is 2. The van der Waals surface area contributed by atoms with E-state index in [1.54, 1.807) is 23.6 Å². The van der Waals surface area contributed by atoms with Crippen LogP contribution in [0.15, 0.2) is 59.6 Å². The molecule has 6 nitrogen and oxygen atoms in total. The molecule has 0 radical (unpaired) electrons. The number of halogens is 1. The van der Waals surface area contributed by atoms with Gasteiger partial charge in [0.2, 0.25) is 5.91 Å². The number of piperazine rings is 1. The second-order valence-electron chi connectivity index (χ2n) is 7.59. The predicted molar refractivity (Wildman–Crippen MR) is 128 cm³/mol. The molecule has 0 aliphatic carbocycles. The SMILES string of the molecule is CCOC(=O)N1CCN(C(=O)CSc2cn(Cc3ccccc3Cl)c3ccccc23)CC1. The third-order valence-corrected chi connectivity index (χ3v) is 6.96. The van der Waals surface area contributed by atoms with E-state index in [1.165, 1.54) is 0 Å². The first-order valence-electron chi connectivity index (χ1n) is 10.7. The van der Waals surface area contributed by atoms with Crippen molar-refractivity contribution in [2.45, 2.75) is 18.4 Å². The number of nitrogens with zero attached hydrogens (tertiary/aromatic N) is 3. The number of carbonyl (C=O) groups is 2. The van der Waals surface area contributed by atoms with Crippen molar-refractivity contribution in [3.05, 3.63) is 65.3 Å². The highest BCUT2D eigenvalue weighted by atomic mass is 35.5. The molecule has 8 heteroatoms. The number of hydrogen-bond acceptors (Lipinski definition) is 4. The Morgan fingerprint density at radius 2 is 1.69 bits per heavy atom. The molecule has 0 spiro atoms. The average molecular weight is 472 g/mol. The van der Waals surface area contributed by atoms with Crippen molar-refractivity contribution in [2.24, 2.45) is 0 Å². The van der Waals surface area contributed by atoms with Crippen LogP contribution in [0, 0.1) is 0 Å². The predicted octanol–water partition coefficient (Wildman–Crippen LogP) is 4.74. The van der Waals surface area contributed by atoms with E-state index < -0.39 is 0 Å². The van der Waals surface area contributed by atoms with Gasteiger partial charge in [-0.25, -0.2) is 4.79 Å². The van der Waals surface area contributed by atoms with Gasteiger partial charge in [-0.05, 0) is 24.6 Å². The number of amides is 2. The zero-order chi connectivity index (χ0) is 22.5. The Bertz CT molecular complexity index is 1110. The first-order valence-corrected chi connectivity index (χ1v) is 12.1. The number of hydrogen-bond donors (Lipinski definition) is 0. The summed E-state index contributed by atoms with van der Waals surface area (Å²) in [6.45, 7) is 4.90. The molecule has 1 saturated heterocycles. The van der Waals surface area contributed by atoms with Gasteiger partial charge >= 0.3 is 6.09 Å². The maximum absolute atomic E-state index is 12.8. The smallest absolute Gasteiger partial charge is 0.409 e. The average Bonchev–Trinajstić information content (AvgIpc) is 3.17. The molecule has 0 bridgehead atoms. The van der Waals surface area contributed by atoms with Crippen LogP contribution in [0.3, 0.4) is 0 Å². The molecule has 1 aromatic heterocycles. The van der Waals surface area contributed by atoms with Gasteiger partial charge < -0.3 is 19.1 Å². The van der Waals surface area contributed by atoms with Gasteiger partial charge in [0.1, 0.15) is 0 Å². The number of aromatic nitrogens is 1. The van der Waals surface area contributed by atoms with Gasteiger partial charge in [-0.3, -0.25) is 4.79 Å². The van der Waals surface area contributed by atoms with Crippen molar-refractivity contribution in [1.29, 1.82) is 0 Å². The lowest BCUT2D eigenvalue weighted by Crippen LogP contribution is -2.51. The molecule has 0 atom stereocenters. The second-order valence-corrected chi connectivity index (χ2v) is 9.01. The summed E-state index contributed by atoms with van der Waals surface area (Å²) in [6.07, 6.45) is 1.80. The molecule has 1 aliphatic rings. The van der Waals surface area contributed by atoms with Crippen LogP contribution in [-0.2, 0) is 16.1 Å². The van der Waals surface area contributed by atoms with E-state index in [0.29, 0.717) is 45.1 Å². The lowest BCUT2D eigenvalue weighted by atomic mass is 10.2. The number of thioether (sulfide) groups is 1. The van der Waals surface area contributed by atoms with Crippen LogP contribution in [0.4, 0.5) is 4.79 Å². The summed E-state index contributed by atoms with van der Waals surface area (Å²) in [5, 5.41) is 1.88. The molecular weight excluding hydrogens is 446 g/mol. The molecule has 2 amide bonds. The summed E-state index contributed by atoms with van der Waals surface area (Å²) < 4.78 is 7.23. The minimum atomic E-state index is -0.305. The lowest BCUT2D eigenvalue weighted by molar-refractivity contribution is -0.129. The Morgan fingerprint density at radius 3 is 2.44 bits per heavy atom. The van der Waals surface area contributed by atoms with Crippen molar-refractivity contribution in [3.63, 3.8) is 0 Å². The highest BCUT2D eigenvalue weighted by molar-refractivity contribution is 8.00. The van der Waals surface area contributed by atoms with Gasteiger partial charge in [0.25, 0.3) is 0 Å². The summed E-state index contributed by atoms with van der Waals surface area (Å²) in [6, 6.07) is 16.1. The monoisotopic (exact) mass is 471 g/mol. The third kappa shape index (κ3) is 5.05. The van der Waals surface area contributed by atoms with E-state index in [-0.39, 0.29) is 12.0 Å². The fourth-order valence-corrected chi connectivity index (χ4v) is 5.04. The molecule has 0 N–H and O–H groups in total. The molecule has 3 aromatic rings. The van der Waals surface area contributed by atoms with E-state index in [9.17, 15) is 9.59 Å². The van der Waals surface area contributed by atoms with Gasteiger partial charge in [-0.15, -0.1) is 11.8 Å². The van der Waals surface area contributed by atoms with Crippen molar-refractivity contribution in [3.8, 4) is 0 Å². The molecule has 2 heterocycles. The van der Waals surface area contributed by atoms with E-state index >= 15 is 0 Å². The lowest BCUT2D eigenvalue weighted by Gasteiger charge is -2.34. The van der Waals surface area contributed by atoms with Gasteiger partial charge in [0, 0.05) is 59.7 Å². The summed E-state index contributed by atoms with van der Waals surface area (Å²) >= 11 is 7.92. The molecule has 4 rings (SSSR count). The van der Waals surface area contributed by atoms with Crippen LogP contribution in [-0.4, -0.2) is 64.9 Å². The zero-order valence-electron chi connectivity index (χ0n) is 18.0. The number of para-hydroxylation sites is 1. The maximum Gasteiger partial charge on any atom is 0.409 e. The van der Waals surface area contributed by atoms with Crippen molar-refractivity contribution in [1.82, 2.24) is 14.4 Å². The normalized spacial score (nSPS) is 14.1. The molecule has 0 saturated carbocycles. The number of fused-ring (bicyclic) bond motifs is 1. The van der Waals surface area contributed by atoms with Gasteiger partial charge in [-0.2, -0.15) is 0 Å². The standard InChI is InChI=1S/C24H26ClN3O3S/c1-2-31-24(30)27-13-11-26(12-14-27)23(29)17-32-22-16-28(21-10-6-4-8-19(21)22)15-18-7-3-5-9-20(18)25/h3-10,16H,2,11-15,17H2,1H3. The van der Waals surface area contributed by atoms with E-state index in [2.05, 4.69) is 22.9 Å². The van der Waals surface area contributed by atoms with Crippen LogP contribution >= 0.6 is 23.4 Å². The molecular formula is C24H26ClN3O3S. The quantitative estimate of drug-likeness (QED) is 0.487. The molecule has 2 aromatic carbocycles. The van der Waals surface area contributed by atoms with Gasteiger partial charge in [0.05, 0.1) is 12.4 Å².